The van der Waals surface area contributed by atoms with Crippen LogP contribution >= 0.6 is 0 Å². The number of nitrogens with two attached hydrogens (primary N) is 1. The molecular formula is C15H13N5. The van der Waals surface area contributed by atoms with Crippen LogP contribution in [-0.4, -0.2) is 14.5 Å². The molecular weight excluding hydrogens is 250 g/mol. The summed E-state index contributed by atoms with van der Waals surface area (Å²) >= 11 is 0. The summed E-state index contributed by atoms with van der Waals surface area (Å²) in [4.78, 5) is 8.99. The van der Waals surface area contributed by atoms with Crippen LogP contribution in [0.25, 0.3) is 16.9 Å². The topological polar surface area (TPSA) is 80.5 Å². The van der Waals surface area contributed by atoms with E-state index in [1.54, 1.807) is 0 Å². The van der Waals surface area contributed by atoms with Crippen molar-refractivity contribution in [2.75, 3.05) is 5.73 Å². The van der Waals surface area contributed by atoms with Crippen LogP contribution in [0.5, 0.6) is 0 Å². The molecule has 0 radical (unpaired) electrons. The minimum atomic E-state index is 0.212. The van der Waals surface area contributed by atoms with Crippen molar-refractivity contribution in [2.45, 2.75) is 13.3 Å². The lowest BCUT2D eigenvalue weighted by molar-refractivity contribution is 0.916. The summed E-state index contributed by atoms with van der Waals surface area (Å²) in [7, 11) is 0. The predicted octanol–water partition coefficient (Wildman–Crippen LogP) is 2.38. The zero-order valence-corrected chi connectivity index (χ0v) is 11.0. The molecule has 0 aliphatic rings. The number of nitriles is 1. The first-order chi connectivity index (χ1) is 9.70. The maximum Gasteiger partial charge on any atom is 0.162 e. The zero-order valence-electron chi connectivity index (χ0n) is 11.0. The van der Waals surface area contributed by atoms with E-state index in [2.05, 4.69) is 16.0 Å². The number of aromatic nitrogens is 3. The zero-order chi connectivity index (χ0) is 14.1. The van der Waals surface area contributed by atoms with Crippen LogP contribution in [0.4, 0.5) is 5.69 Å². The molecule has 2 aromatic heterocycles. The van der Waals surface area contributed by atoms with Crippen molar-refractivity contribution in [3.8, 4) is 11.9 Å². The Balaban J connectivity index is 2.36. The van der Waals surface area contributed by atoms with Crippen molar-refractivity contribution in [1.29, 1.82) is 5.26 Å². The van der Waals surface area contributed by atoms with Gasteiger partial charge in [0, 0.05) is 5.69 Å². The number of hydrogen-bond donors (Lipinski definition) is 1. The molecule has 0 aliphatic carbocycles. The van der Waals surface area contributed by atoms with Crippen molar-refractivity contribution in [1.82, 2.24) is 14.5 Å². The second-order valence-electron chi connectivity index (χ2n) is 4.55. The molecule has 5 nitrogen and oxygen atoms in total. The molecule has 98 valence electrons. The number of benzene rings is 1. The predicted molar refractivity (Wildman–Crippen MR) is 77.3 cm³/mol. The first-order valence-electron chi connectivity index (χ1n) is 6.27. The van der Waals surface area contributed by atoms with Gasteiger partial charge in [-0.05, 0) is 31.2 Å². The Morgan fingerprint density at radius 1 is 1.20 bits per heavy atom. The Bertz CT molecular complexity index is 826. The van der Waals surface area contributed by atoms with E-state index in [0.717, 1.165) is 16.7 Å². The first kappa shape index (κ1) is 12.2. The van der Waals surface area contributed by atoms with Crippen LogP contribution < -0.4 is 5.73 Å². The number of pyridine rings is 1. The minimum Gasteiger partial charge on any atom is -0.396 e. The molecule has 0 spiro atoms. The van der Waals surface area contributed by atoms with Crippen LogP contribution in [0.3, 0.4) is 0 Å². The summed E-state index contributed by atoms with van der Waals surface area (Å²) in [6.45, 7) is 1.91. The van der Waals surface area contributed by atoms with Gasteiger partial charge in [-0.15, -0.1) is 0 Å². The largest absolute Gasteiger partial charge is 0.396 e. The van der Waals surface area contributed by atoms with Crippen LogP contribution in [-0.2, 0) is 6.42 Å². The highest BCUT2D eigenvalue weighted by molar-refractivity contribution is 5.79. The fraction of sp³-hybridized carbons (Fsp3) is 0.133. The third-order valence-electron chi connectivity index (χ3n) is 3.12. The van der Waals surface area contributed by atoms with Crippen LogP contribution in [0, 0.1) is 18.3 Å². The summed E-state index contributed by atoms with van der Waals surface area (Å²) in [6, 6.07) is 13.5. The van der Waals surface area contributed by atoms with Gasteiger partial charge in [0.2, 0.25) is 0 Å². The van der Waals surface area contributed by atoms with Crippen LogP contribution in [0.1, 0.15) is 11.5 Å². The van der Waals surface area contributed by atoms with Gasteiger partial charge in [-0.1, -0.05) is 12.1 Å². The van der Waals surface area contributed by atoms with Gasteiger partial charge in [-0.2, -0.15) is 5.26 Å². The fourth-order valence-corrected chi connectivity index (χ4v) is 2.23. The van der Waals surface area contributed by atoms with E-state index in [-0.39, 0.29) is 6.42 Å². The minimum absolute atomic E-state index is 0.212. The average Bonchev–Trinajstić information content (AvgIpc) is 2.80. The Morgan fingerprint density at radius 2 is 2.00 bits per heavy atom. The highest BCUT2D eigenvalue weighted by Crippen LogP contribution is 2.24. The molecule has 0 amide bonds. The van der Waals surface area contributed by atoms with E-state index in [1.165, 1.54) is 0 Å². The van der Waals surface area contributed by atoms with Crippen molar-refractivity contribution in [3.63, 3.8) is 0 Å². The number of para-hydroxylation sites is 2. The van der Waals surface area contributed by atoms with Gasteiger partial charge < -0.3 is 5.73 Å². The molecule has 0 unspecified atom stereocenters. The SMILES string of the molecule is Cc1ccc(N)c(-n2c(CC#N)nc3ccccc32)n1. The lowest BCUT2D eigenvalue weighted by atomic mass is 10.3. The highest BCUT2D eigenvalue weighted by Gasteiger charge is 2.15. The summed E-state index contributed by atoms with van der Waals surface area (Å²) in [5.74, 6) is 1.28. The molecule has 0 atom stereocenters. The van der Waals surface area contributed by atoms with Crippen molar-refractivity contribution in [3.05, 3.63) is 47.9 Å². The third-order valence-corrected chi connectivity index (χ3v) is 3.12. The highest BCUT2D eigenvalue weighted by atomic mass is 15.1. The number of aryl methyl sites for hydroxylation is 1. The standard InChI is InChI=1S/C15H13N5/c1-10-6-7-11(17)15(18-10)20-13-5-3-2-4-12(13)19-14(20)8-9-16/h2-7H,8,17H2,1H3. The second kappa shape index (κ2) is 4.67. The van der Waals surface area contributed by atoms with Crippen molar-refractivity contribution < 1.29 is 0 Å². The quantitative estimate of drug-likeness (QED) is 0.769. The van der Waals surface area contributed by atoms with Crippen LogP contribution in [0.2, 0.25) is 0 Å². The van der Waals surface area contributed by atoms with Crippen molar-refractivity contribution in [2.24, 2.45) is 0 Å². The van der Waals surface area contributed by atoms with Gasteiger partial charge in [-0.3, -0.25) is 4.57 Å². The molecule has 2 heterocycles. The van der Waals surface area contributed by atoms with Gasteiger partial charge in [-0.25, -0.2) is 9.97 Å². The molecule has 5 heteroatoms. The van der Waals surface area contributed by atoms with E-state index in [4.69, 9.17) is 11.0 Å². The first-order valence-corrected chi connectivity index (χ1v) is 6.27. The van der Waals surface area contributed by atoms with E-state index < -0.39 is 0 Å². The summed E-state index contributed by atoms with van der Waals surface area (Å²) in [5, 5.41) is 8.99. The summed E-state index contributed by atoms with van der Waals surface area (Å²) in [6.07, 6.45) is 0.212. The average molecular weight is 263 g/mol. The second-order valence-corrected chi connectivity index (χ2v) is 4.55. The van der Waals surface area contributed by atoms with Crippen LogP contribution in [0.15, 0.2) is 36.4 Å². The number of imidazole rings is 1. The third kappa shape index (κ3) is 1.88. The molecule has 3 rings (SSSR count). The van der Waals surface area contributed by atoms with Gasteiger partial charge >= 0.3 is 0 Å². The Labute approximate surface area is 116 Å². The monoisotopic (exact) mass is 263 g/mol. The maximum atomic E-state index is 8.99. The van der Waals surface area contributed by atoms with E-state index >= 15 is 0 Å². The number of anilines is 1. The molecule has 0 fully saturated rings. The van der Waals surface area contributed by atoms with Gasteiger partial charge in [0.1, 0.15) is 5.82 Å². The number of nitrogens with zero attached hydrogens (tertiary/aromatic N) is 4. The lowest BCUT2D eigenvalue weighted by Gasteiger charge is -2.10. The van der Waals surface area contributed by atoms with E-state index in [9.17, 15) is 0 Å². The molecule has 0 saturated heterocycles. The smallest absolute Gasteiger partial charge is 0.162 e. The Kier molecular flexibility index (Phi) is 2.84. The summed E-state index contributed by atoms with van der Waals surface area (Å²) in [5.41, 5.74) is 9.22. The van der Waals surface area contributed by atoms with Gasteiger partial charge in [0.15, 0.2) is 5.82 Å². The Hall–Kier alpha value is -2.87. The molecule has 0 bridgehead atoms. The maximum absolute atomic E-state index is 8.99. The molecule has 0 saturated carbocycles. The lowest BCUT2D eigenvalue weighted by Crippen LogP contribution is -2.07. The normalized spacial score (nSPS) is 10.6. The number of nitrogen functional groups attached to an aromatic ring is 1. The molecule has 20 heavy (non-hydrogen) atoms. The molecule has 1 aromatic carbocycles. The number of fused-ring (bicyclic) bond motifs is 1. The fourth-order valence-electron chi connectivity index (χ4n) is 2.23. The Morgan fingerprint density at radius 3 is 2.80 bits per heavy atom. The molecule has 2 N–H and O–H groups in total. The molecule has 0 aliphatic heterocycles. The number of hydrogen-bond acceptors (Lipinski definition) is 4. The van der Waals surface area contributed by atoms with Gasteiger partial charge in [0.05, 0.1) is 29.2 Å². The van der Waals surface area contributed by atoms with E-state index in [1.807, 2.05) is 47.9 Å². The number of rotatable bonds is 2. The van der Waals surface area contributed by atoms with Crippen molar-refractivity contribution >= 4 is 16.7 Å². The summed E-state index contributed by atoms with van der Waals surface area (Å²) < 4.78 is 1.86. The van der Waals surface area contributed by atoms with Gasteiger partial charge in [0.25, 0.3) is 0 Å². The van der Waals surface area contributed by atoms with E-state index in [0.29, 0.717) is 17.3 Å². The molecule has 3 aromatic rings.